The van der Waals surface area contributed by atoms with Crippen molar-refractivity contribution < 1.29 is 9.53 Å². The molecule has 0 aromatic carbocycles. The van der Waals surface area contributed by atoms with Gasteiger partial charge >= 0.3 is 0 Å². The summed E-state index contributed by atoms with van der Waals surface area (Å²) in [5.41, 5.74) is 0.990. The Morgan fingerprint density at radius 2 is 1.68 bits per heavy atom. The fraction of sp³-hybridized carbons (Fsp3) is 0.600. The lowest BCUT2D eigenvalue weighted by Gasteiger charge is -2.28. The molecule has 2 aliphatic heterocycles. The molecular formula is C20H28N8O3. The van der Waals surface area contributed by atoms with Crippen LogP contribution in [0, 0.1) is 13.8 Å². The Morgan fingerprint density at radius 3 is 2.35 bits per heavy atom. The highest BCUT2D eigenvalue weighted by Gasteiger charge is 2.21. The number of anilines is 2. The largest absolute Gasteiger partial charge is 0.378 e. The average molecular weight is 428 g/mol. The monoisotopic (exact) mass is 428 g/mol. The highest BCUT2D eigenvalue weighted by atomic mass is 16.5. The summed E-state index contributed by atoms with van der Waals surface area (Å²) in [5, 5.41) is 2.82. The molecule has 2 saturated heterocycles. The molecule has 0 spiro atoms. The van der Waals surface area contributed by atoms with Gasteiger partial charge in [0.05, 0.1) is 26.1 Å². The van der Waals surface area contributed by atoms with Gasteiger partial charge in [-0.2, -0.15) is 15.0 Å². The molecule has 0 bridgehead atoms. The second-order valence-electron chi connectivity index (χ2n) is 7.81. The van der Waals surface area contributed by atoms with E-state index in [9.17, 15) is 9.59 Å². The zero-order valence-corrected chi connectivity index (χ0v) is 18.0. The van der Waals surface area contributed by atoms with Gasteiger partial charge in [0.15, 0.2) is 5.82 Å². The number of aromatic nitrogens is 5. The van der Waals surface area contributed by atoms with Gasteiger partial charge in [-0.1, -0.05) is 0 Å². The van der Waals surface area contributed by atoms with Gasteiger partial charge in [0.25, 0.3) is 5.56 Å². The maximum atomic E-state index is 12.5. The summed E-state index contributed by atoms with van der Waals surface area (Å²) in [4.78, 5) is 47.0. The zero-order chi connectivity index (χ0) is 21.8. The molecule has 0 atom stereocenters. The molecule has 1 N–H and O–H groups in total. The lowest BCUT2D eigenvalue weighted by Crippen LogP contribution is -2.38. The maximum absolute atomic E-state index is 12.5. The Morgan fingerprint density at radius 1 is 1.03 bits per heavy atom. The van der Waals surface area contributed by atoms with Crippen LogP contribution in [0.15, 0.2) is 11.1 Å². The number of rotatable bonds is 6. The number of nitrogens with zero attached hydrogens (tertiary/aromatic N) is 7. The molecule has 2 aliphatic rings. The molecule has 2 fully saturated rings. The zero-order valence-electron chi connectivity index (χ0n) is 18.0. The number of aryl methyl sites for hydroxylation is 1. The predicted molar refractivity (Wildman–Crippen MR) is 114 cm³/mol. The van der Waals surface area contributed by atoms with E-state index in [1.54, 1.807) is 13.8 Å². The lowest BCUT2D eigenvalue weighted by molar-refractivity contribution is -0.121. The van der Waals surface area contributed by atoms with Crippen LogP contribution >= 0.6 is 0 Å². The van der Waals surface area contributed by atoms with Crippen molar-refractivity contribution in [3.05, 3.63) is 33.8 Å². The normalized spacial score (nSPS) is 16.6. The lowest BCUT2D eigenvalue weighted by atomic mass is 10.3. The van der Waals surface area contributed by atoms with Crippen LogP contribution in [0.3, 0.4) is 0 Å². The van der Waals surface area contributed by atoms with Crippen LogP contribution in [0.2, 0.25) is 0 Å². The SMILES string of the molecule is Cc1ncn(CC(=O)NCc2nc(N3CCCC3)nc(N3CCOCC3)n2)c(=O)c1C. The average Bonchev–Trinajstić information content (AvgIpc) is 3.34. The van der Waals surface area contributed by atoms with Crippen molar-refractivity contribution in [2.45, 2.75) is 39.8 Å². The van der Waals surface area contributed by atoms with Gasteiger partial charge < -0.3 is 19.9 Å². The number of hydrogen-bond acceptors (Lipinski definition) is 9. The summed E-state index contributed by atoms with van der Waals surface area (Å²) in [6.45, 7) is 8.08. The first-order valence-corrected chi connectivity index (χ1v) is 10.6. The highest BCUT2D eigenvalue weighted by molar-refractivity contribution is 5.75. The van der Waals surface area contributed by atoms with E-state index in [0.717, 1.165) is 39.0 Å². The number of amides is 1. The molecule has 0 unspecified atom stereocenters. The molecule has 0 aliphatic carbocycles. The third-order valence-corrected chi connectivity index (χ3v) is 5.61. The summed E-state index contributed by atoms with van der Waals surface area (Å²) in [5.74, 6) is 1.45. The van der Waals surface area contributed by atoms with Crippen molar-refractivity contribution in [1.82, 2.24) is 29.8 Å². The second-order valence-corrected chi connectivity index (χ2v) is 7.81. The van der Waals surface area contributed by atoms with Crippen LogP contribution in [0.1, 0.15) is 29.9 Å². The van der Waals surface area contributed by atoms with E-state index in [2.05, 4.69) is 35.1 Å². The molecule has 0 radical (unpaired) electrons. The topological polar surface area (TPSA) is 118 Å². The fourth-order valence-corrected chi connectivity index (χ4v) is 3.61. The Hall–Kier alpha value is -3.08. The number of ether oxygens (including phenoxy) is 1. The maximum Gasteiger partial charge on any atom is 0.256 e. The second kappa shape index (κ2) is 9.38. The Labute approximate surface area is 180 Å². The third kappa shape index (κ3) is 4.98. The molecule has 11 heteroatoms. The first-order valence-electron chi connectivity index (χ1n) is 10.6. The van der Waals surface area contributed by atoms with Crippen molar-refractivity contribution in [2.75, 3.05) is 49.2 Å². The Balaban J connectivity index is 1.47. The van der Waals surface area contributed by atoms with Gasteiger partial charge in [0.1, 0.15) is 6.54 Å². The van der Waals surface area contributed by atoms with Crippen LogP contribution in [0.4, 0.5) is 11.9 Å². The fourth-order valence-electron chi connectivity index (χ4n) is 3.61. The van der Waals surface area contributed by atoms with Crippen molar-refractivity contribution in [3.8, 4) is 0 Å². The van der Waals surface area contributed by atoms with E-state index in [1.807, 2.05) is 0 Å². The Bertz CT molecular complexity index is 996. The van der Waals surface area contributed by atoms with Crippen LogP contribution < -0.4 is 20.7 Å². The first kappa shape index (κ1) is 21.2. The molecule has 2 aromatic heterocycles. The minimum atomic E-state index is -0.303. The van der Waals surface area contributed by atoms with Crippen LogP contribution in [-0.4, -0.2) is 69.8 Å². The van der Waals surface area contributed by atoms with Crippen LogP contribution in [-0.2, 0) is 22.6 Å². The van der Waals surface area contributed by atoms with E-state index in [4.69, 9.17) is 4.74 Å². The van der Waals surface area contributed by atoms with Gasteiger partial charge in [-0.25, -0.2) is 4.98 Å². The molecule has 4 heterocycles. The van der Waals surface area contributed by atoms with Crippen LogP contribution in [0.25, 0.3) is 0 Å². The Kier molecular flexibility index (Phi) is 6.40. The third-order valence-electron chi connectivity index (χ3n) is 5.61. The summed E-state index contributed by atoms with van der Waals surface area (Å²) in [6.07, 6.45) is 3.63. The molecule has 0 saturated carbocycles. The van der Waals surface area contributed by atoms with Gasteiger partial charge in [-0.05, 0) is 26.7 Å². The van der Waals surface area contributed by atoms with E-state index in [0.29, 0.717) is 42.2 Å². The van der Waals surface area contributed by atoms with Crippen molar-refractivity contribution >= 4 is 17.8 Å². The first-order chi connectivity index (χ1) is 15.0. The molecule has 11 nitrogen and oxygen atoms in total. The van der Waals surface area contributed by atoms with Crippen molar-refractivity contribution in [3.63, 3.8) is 0 Å². The molecule has 2 aromatic rings. The summed E-state index contributed by atoms with van der Waals surface area (Å²) >= 11 is 0. The van der Waals surface area contributed by atoms with Crippen LogP contribution in [0.5, 0.6) is 0 Å². The summed E-state index contributed by atoms with van der Waals surface area (Å²) < 4.78 is 6.73. The predicted octanol–water partition coefficient (Wildman–Crippen LogP) is -0.202. The number of morpholine rings is 1. The number of nitrogens with one attached hydrogen (secondary N) is 1. The highest BCUT2D eigenvalue weighted by Crippen LogP contribution is 2.19. The quantitative estimate of drug-likeness (QED) is 0.667. The smallest absolute Gasteiger partial charge is 0.256 e. The molecular weight excluding hydrogens is 400 g/mol. The van der Waals surface area contributed by atoms with Crippen molar-refractivity contribution in [1.29, 1.82) is 0 Å². The van der Waals surface area contributed by atoms with E-state index >= 15 is 0 Å². The van der Waals surface area contributed by atoms with E-state index in [-0.39, 0.29) is 24.6 Å². The number of carbonyl (C=O) groups is 1. The number of hydrogen-bond donors (Lipinski definition) is 1. The minimum absolute atomic E-state index is 0.104. The minimum Gasteiger partial charge on any atom is -0.378 e. The standard InChI is InChI=1S/C20H28N8O3/c1-14-15(2)22-13-28(18(14)30)12-17(29)21-11-16-23-19(26-5-3-4-6-26)25-20(24-16)27-7-9-31-10-8-27/h13H,3-12H2,1-2H3,(H,21,29). The van der Waals surface area contributed by atoms with E-state index < -0.39 is 0 Å². The summed E-state index contributed by atoms with van der Waals surface area (Å²) in [7, 11) is 0. The molecule has 31 heavy (non-hydrogen) atoms. The van der Waals surface area contributed by atoms with Gasteiger partial charge in [-0.15, -0.1) is 0 Å². The van der Waals surface area contributed by atoms with Gasteiger partial charge in [-0.3, -0.25) is 14.2 Å². The molecule has 4 rings (SSSR count). The van der Waals surface area contributed by atoms with Gasteiger partial charge in [0.2, 0.25) is 17.8 Å². The molecule has 166 valence electrons. The van der Waals surface area contributed by atoms with E-state index in [1.165, 1.54) is 10.9 Å². The number of carbonyl (C=O) groups excluding carboxylic acids is 1. The van der Waals surface area contributed by atoms with Gasteiger partial charge in [0, 0.05) is 37.4 Å². The molecule has 1 amide bonds. The summed E-state index contributed by atoms with van der Waals surface area (Å²) in [6, 6.07) is 0. The van der Waals surface area contributed by atoms with Crippen molar-refractivity contribution in [2.24, 2.45) is 0 Å².